The van der Waals surface area contributed by atoms with Crippen molar-refractivity contribution in [2.75, 3.05) is 14.2 Å². The van der Waals surface area contributed by atoms with Crippen LogP contribution in [0.2, 0.25) is 0 Å². The maximum atomic E-state index is 5.45. The number of nitrogens with zero attached hydrogens (tertiary/aromatic N) is 1. The highest BCUT2D eigenvalue weighted by Gasteiger charge is 2.41. The highest BCUT2D eigenvalue weighted by Crippen LogP contribution is 2.35. The molecule has 0 aromatic rings. The molecule has 0 radical (unpaired) electrons. The van der Waals surface area contributed by atoms with Crippen LogP contribution in [0.1, 0.15) is 25.7 Å². The monoisotopic (exact) mass is 155 g/mol. The van der Waals surface area contributed by atoms with Gasteiger partial charge < -0.3 is 4.74 Å². The Kier molecular flexibility index (Phi) is 1.90. The van der Waals surface area contributed by atoms with Gasteiger partial charge in [-0.3, -0.25) is 4.90 Å². The largest absolute Gasteiger partial charge is 0.380 e. The van der Waals surface area contributed by atoms with Gasteiger partial charge in [0.1, 0.15) is 0 Å². The maximum absolute atomic E-state index is 5.45. The first kappa shape index (κ1) is 7.56. The SMILES string of the molecule is COC1CC2CCCC1N2C. The smallest absolute Gasteiger partial charge is 0.0741 e. The summed E-state index contributed by atoms with van der Waals surface area (Å²) < 4.78 is 5.45. The molecule has 0 aromatic heterocycles. The van der Waals surface area contributed by atoms with E-state index in [2.05, 4.69) is 11.9 Å². The van der Waals surface area contributed by atoms with Gasteiger partial charge in [-0.1, -0.05) is 6.42 Å². The topological polar surface area (TPSA) is 12.5 Å². The van der Waals surface area contributed by atoms with Gasteiger partial charge in [-0.05, 0) is 26.3 Å². The first-order valence-electron chi connectivity index (χ1n) is 4.57. The molecule has 0 aromatic carbocycles. The zero-order valence-electron chi connectivity index (χ0n) is 7.42. The lowest BCUT2D eigenvalue weighted by Crippen LogP contribution is -2.39. The minimum Gasteiger partial charge on any atom is -0.380 e. The van der Waals surface area contributed by atoms with Gasteiger partial charge in [0, 0.05) is 19.2 Å². The minimum absolute atomic E-state index is 0.521. The Labute approximate surface area is 68.5 Å². The summed E-state index contributed by atoms with van der Waals surface area (Å²) >= 11 is 0. The van der Waals surface area contributed by atoms with Gasteiger partial charge in [0.05, 0.1) is 6.10 Å². The normalized spacial score (nSPS) is 44.7. The third-order valence-electron chi connectivity index (χ3n) is 3.37. The number of ether oxygens (including phenoxy) is 1. The van der Waals surface area contributed by atoms with E-state index in [0.29, 0.717) is 6.10 Å². The van der Waals surface area contributed by atoms with Crippen LogP contribution in [0, 0.1) is 0 Å². The molecule has 2 nitrogen and oxygen atoms in total. The number of rotatable bonds is 1. The number of fused-ring (bicyclic) bond motifs is 2. The molecule has 2 heterocycles. The number of likely N-dealkylation sites (N-methyl/N-ethyl adjacent to an activating group) is 1. The van der Waals surface area contributed by atoms with Crippen LogP contribution in [0.4, 0.5) is 0 Å². The lowest BCUT2D eigenvalue weighted by atomic mass is 10.0. The zero-order chi connectivity index (χ0) is 7.84. The summed E-state index contributed by atoms with van der Waals surface area (Å²) in [7, 11) is 4.09. The number of methoxy groups -OCH3 is 1. The predicted octanol–water partition coefficient (Wildman–Crippen LogP) is 1.26. The van der Waals surface area contributed by atoms with E-state index in [1.54, 1.807) is 0 Å². The first-order valence-corrected chi connectivity index (χ1v) is 4.57. The quantitative estimate of drug-likeness (QED) is 0.565. The fourth-order valence-corrected chi connectivity index (χ4v) is 2.65. The molecule has 0 amide bonds. The highest BCUT2D eigenvalue weighted by atomic mass is 16.5. The number of hydrogen-bond donors (Lipinski definition) is 0. The fraction of sp³-hybridized carbons (Fsp3) is 1.00. The van der Waals surface area contributed by atoms with Crippen LogP contribution in [-0.2, 0) is 4.74 Å². The second-order valence-corrected chi connectivity index (χ2v) is 3.83. The molecule has 0 aliphatic carbocycles. The van der Waals surface area contributed by atoms with Gasteiger partial charge in [0.2, 0.25) is 0 Å². The van der Waals surface area contributed by atoms with Gasteiger partial charge in [-0.25, -0.2) is 0 Å². The molecule has 0 N–H and O–H groups in total. The first-order chi connectivity index (χ1) is 5.33. The predicted molar refractivity (Wildman–Crippen MR) is 44.6 cm³/mol. The summed E-state index contributed by atoms with van der Waals surface area (Å²) in [6.45, 7) is 0. The van der Waals surface area contributed by atoms with E-state index in [1.807, 2.05) is 7.11 Å². The number of piperidine rings is 1. The van der Waals surface area contributed by atoms with Crippen LogP contribution in [0.5, 0.6) is 0 Å². The second kappa shape index (κ2) is 2.76. The standard InChI is InChI=1S/C9H17NO/c1-10-7-4-3-5-8(10)9(6-7)11-2/h7-9H,3-6H2,1-2H3. The molecule has 2 saturated heterocycles. The van der Waals surface area contributed by atoms with Gasteiger partial charge in [0.25, 0.3) is 0 Å². The van der Waals surface area contributed by atoms with E-state index in [9.17, 15) is 0 Å². The Morgan fingerprint density at radius 3 is 2.82 bits per heavy atom. The highest BCUT2D eigenvalue weighted by molar-refractivity contribution is 4.96. The zero-order valence-corrected chi connectivity index (χ0v) is 7.42. The molecular weight excluding hydrogens is 138 g/mol. The van der Waals surface area contributed by atoms with Crippen LogP contribution in [0.3, 0.4) is 0 Å². The molecule has 0 saturated carbocycles. The molecule has 2 heteroatoms. The van der Waals surface area contributed by atoms with Crippen molar-refractivity contribution in [2.24, 2.45) is 0 Å². The summed E-state index contributed by atoms with van der Waals surface area (Å²) in [4.78, 5) is 2.51. The lowest BCUT2D eigenvalue weighted by Gasteiger charge is -2.31. The minimum atomic E-state index is 0.521. The summed E-state index contributed by atoms with van der Waals surface area (Å²) in [5.74, 6) is 0. The van der Waals surface area contributed by atoms with E-state index in [-0.39, 0.29) is 0 Å². The fourth-order valence-electron chi connectivity index (χ4n) is 2.65. The van der Waals surface area contributed by atoms with E-state index < -0.39 is 0 Å². The van der Waals surface area contributed by atoms with Crippen LogP contribution < -0.4 is 0 Å². The van der Waals surface area contributed by atoms with E-state index >= 15 is 0 Å². The summed E-state index contributed by atoms with van der Waals surface area (Å²) in [6.07, 6.45) is 5.91. The Bertz CT molecular complexity index is 148. The Balaban J connectivity index is 2.09. The van der Waals surface area contributed by atoms with Crippen molar-refractivity contribution < 1.29 is 4.74 Å². The van der Waals surface area contributed by atoms with Gasteiger partial charge in [-0.2, -0.15) is 0 Å². The van der Waals surface area contributed by atoms with Crippen LogP contribution in [0.25, 0.3) is 0 Å². The van der Waals surface area contributed by atoms with Crippen molar-refractivity contribution in [2.45, 2.75) is 43.9 Å². The Morgan fingerprint density at radius 1 is 1.36 bits per heavy atom. The molecule has 2 rings (SSSR count). The van der Waals surface area contributed by atoms with E-state index in [4.69, 9.17) is 4.74 Å². The third kappa shape index (κ3) is 1.09. The molecule has 2 bridgehead atoms. The van der Waals surface area contributed by atoms with Crippen molar-refractivity contribution in [3.05, 3.63) is 0 Å². The third-order valence-corrected chi connectivity index (χ3v) is 3.37. The molecule has 64 valence electrons. The van der Waals surface area contributed by atoms with Crippen LogP contribution >= 0.6 is 0 Å². The van der Waals surface area contributed by atoms with Gasteiger partial charge in [0.15, 0.2) is 0 Å². The molecule has 2 aliphatic heterocycles. The molecule has 3 atom stereocenters. The Morgan fingerprint density at radius 2 is 2.18 bits per heavy atom. The molecular formula is C9H17NO. The van der Waals surface area contributed by atoms with Gasteiger partial charge in [-0.15, -0.1) is 0 Å². The number of hydrogen-bond acceptors (Lipinski definition) is 2. The summed E-state index contributed by atoms with van der Waals surface area (Å²) in [6, 6.07) is 1.54. The van der Waals surface area contributed by atoms with Crippen molar-refractivity contribution >= 4 is 0 Å². The van der Waals surface area contributed by atoms with Crippen molar-refractivity contribution in [1.29, 1.82) is 0 Å². The van der Waals surface area contributed by atoms with E-state index in [0.717, 1.165) is 12.1 Å². The van der Waals surface area contributed by atoms with Crippen LogP contribution in [-0.4, -0.2) is 37.2 Å². The average molecular weight is 155 g/mol. The molecule has 11 heavy (non-hydrogen) atoms. The molecule has 0 spiro atoms. The molecule has 3 unspecified atom stereocenters. The molecule has 2 fully saturated rings. The van der Waals surface area contributed by atoms with Crippen molar-refractivity contribution in [3.8, 4) is 0 Å². The molecule has 2 aliphatic rings. The van der Waals surface area contributed by atoms with Gasteiger partial charge >= 0.3 is 0 Å². The lowest BCUT2D eigenvalue weighted by molar-refractivity contribution is 0.0611. The Hall–Kier alpha value is -0.0800. The van der Waals surface area contributed by atoms with Crippen LogP contribution in [0.15, 0.2) is 0 Å². The van der Waals surface area contributed by atoms with Crippen molar-refractivity contribution in [3.63, 3.8) is 0 Å². The van der Waals surface area contributed by atoms with E-state index in [1.165, 1.54) is 25.7 Å². The summed E-state index contributed by atoms with van der Waals surface area (Å²) in [5, 5.41) is 0. The second-order valence-electron chi connectivity index (χ2n) is 3.83. The maximum Gasteiger partial charge on any atom is 0.0741 e. The summed E-state index contributed by atoms with van der Waals surface area (Å²) in [5.41, 5.74) is 0. The van der Waals surface area contributed by atoms with Crippen molar-refractivity contribution in [1.82, 2.24) is 4.90 Å². The average Bonchev–Trinajstić information content (AvgIpc) is 2.23.